The molecule has 1 saturated heterocycles. The van der Waals surface area contributed by atoms with Crippen molar-refractivity contribution in [3.63, 3.8) is 0 Å². The molecule has 0 bridgehead atoms. The molecule has 0 spiro atoms. The minimum Gasteiger partial charge on any atom is -0.366 e. The highest BCUT2D eigenvalue weighted by atomic mass is 19.1. The fraction of sp³-hybridized carbons (Fsp3) is 0.462. The van der Waals surface area contributed by atoms with E-state index < -0.39 is 11.6 Å². The summed E-state index contributed by atoms with van der Waals surface area (Å²) in [6.45, 7) is 3.94. The highest BCUT2D eigenvalue weighted by Crippen LogP contribution is 2.38. The van der Waals surface area contributed by atoms with Crippen molar-refractivity contribution in [1.82, 2.24) is 5.32 Å². The van der Waals surface area contributed by atoms with Crippen molar-refractivity contribution >= 4 is 17.3 Å². The predicted molar refractivity (Wildman–Crippen MR) is 68.4 cm³/mol. The van der Waals surface area contributed by atoms with Gasteiger partial charge in [0.1, 0.15) is 5.82 Å². The predicted octanol–water partition coefficient (Wildman–Crippen LogP) is 1.11. The molecule has 1 atom stereocenters. The number of halogens is 2. The van der Waals surface area contributed by atoms with E-state index in [1.807, 2.05) is 11.8 Å². The third kappa shape index (κ3) is 1.87. The highest BCUT2D eigenvalue weighted by molar-refractivity contribution is 6.00. The topological polar surface area (TPSA) is 35.6 Å². The number of carbonyl (C=O) groups excluding carboxylic acids is 1. The van der Waals surface area contributed by atoms with Crippen LogP contribution in [0.15, 0.2) is 12.1 Å². The van der Waals surface area contributed by atoms with Crippen molar-refractivity contribution in [3.05, 3.63) is 23.8 Å². The Morgan fingerprint density at radius 3 is 2.95 bits per heavy atom. The Kier molecular flexibility index (Phi) is 2.89. The van der Waals surface area contributed by atoms with Crippen LogP contribution in [0.1, 0.15) is 6.92 Å². The molecule has 19 heavy (non-hydrogen) atoms. The number of carbonyl (C=O) groups is 1. The standard InChI is InChI=1S/C13H15F2N3O/c1-2-17-7-9-5-16-6-12(19)18(9)11-4-8(14)3-10(15)13(11)17/h3-4,9,16H,2,5-7H2,1H3. The van der Waals surface area contributed by atoms with Gasteiger partial charge in [-0.15, -0.1) is 0 Å². The van der Waals surface area contributed by atoms with Gasteiger partial charge in [-0.05, 0) is 13.0 Å². The van der Waals surface area contributed by atoms with Crippen LogP contribution in [0.2, 0.25) is 0 Å². The van der Waals surface area contributed by atoms with Gasteiger partial charge in [-0.25, -0.2) is 8.78 Å². The van der Waals surface area contributed by atoms with Gasteiger partial charge in [0.2, 0.25) is 5.91 Å². The van der Waals surface area contributed by atoms with Crippen LogP contribution in [0.25, 0.3) is 0 Å². The van der Waals surface area contributed by atoms with E-state index in [9.17, 15) is 13.6 Å². The van der Waals surface area contributed by atoms with E-state index in [2.05, 4.69) is 5.32 Å². The summed E-state index contributed by atoms with van der Waals surface area (Å²) >= 11 is 0. The summed E-state index contributed by atoms with van der Waals surface area (Å²) in [5.74, 6) is -1.40. The average Bonchev–Trinajstić information content (AvgIpc) is 2.37. The van der Waals surface area contributed by atoms with Crippen LogP contribution in [0.4, 0.5) is 20.2 Å². The van der Waals surface area contributed by atoms with Crippen molar-refractivity contribution in [3.8, 4) is 0 Å². The van der Waals surface area contributed by atoms with E-state index in [0.717, 1.165) is 6.07 Å². The van der Waals surface area contributed by atoms with Crippen LogP contribution >= 0.6 is 0 Å². The summed E-state index contributed by atoms with van der Waals surface area (Å²) in [4.78, 5) is 15.4. The largest absolute Gasteiger partial charge is 0.366 e. The van der Waals surface area contributed by atoms with Crippen LogP contribution < -0.4 is 15.1 Å². The van der Waals surface area contributed by atoms with Gasteiger partial charge in [0.25, 0.3) is 0 Å². The van der Waals surface area contributed by atoms with Crippen LogP contribution in [-0.2, 0) is 4.79 Å². The van der Waals surface area contributed by atoms with Crippen LogP contribution in [0.3, 0.4) is 0 Å². The molecule has 1 unspecified atom stereocenters. The van der Waals surface area contributed by atoms with E-state index in [4.69, 9.17) is 0 Å². The molecule has 2 aliphatic rings. The fourth-order valence-corrected chi connectivity index (χ4v) is 2.89. The summed E-state index contributed by atoms with van der Waals surface area (Å²) in [5.41, 5.74) is 0.678. The average molecular weight is 267 g/mol. The van der Waals surface area contributed by atoms with E-state index in [-0.39, 0.29) is 18.5 Å². The lowest BCUT2D eigenvalue weighted by molar-refractivity contribution is -0.119. The number of amides is 1. The Hall–Kier alpha value is -1.69. The third-order valence-electron chi connectivity index (χ3n) is 3.69. The lowest BCUT2D eigenvalue weighted by atomic mass is 10.0. The number of nitrogens with zero attached hydrogens (tertiary/aromatic N) is 2. The molecule has 0 radical (unpaired) electrons. The first-order valence-electron chi connectivity index (χ1n) is 6.38. The van der Waals surface area contributed by atoms with Crippen LogP contribution in [-0.4, -0.2) is 38.1 Å². The molecule has 1 N–H and O–H groups in total. The zero-order valence-corrected chi connectivity index (χ0v) is 10.6. The van der Waals surface area contributed by atoms with Gasteiger partial charge < -0.3 is 15.1 Å². The van der Waals surface area contributed by atoms with Crippen LogP contribution in [0, 0.1) is 11.6 Å². The van der Waals surface area contributed by atoms with E-state index in [0.29, 0.717) is 31.0 Å². The summed E-state index contributed by atoms with van der Waals surface area (Å²) in [6, 6.07) is 2.04. The third-order valence-corrected chi connectivity index (χ3v) is 3.69. The van der Waals surface area contributed by atoms with Crippen molar-refractivity contribution in [2.45, 2.75) is 13.0 Å². The smallest absolute Gasteiger partial charge is 0.241 e. The molecule has 0 aromatic heterocycles. The number of fused-ring (bicyclic) bond motifs is 3. The molecule has 0 saturated carbocycles. The quantitative estimate of drug-likeness (QED) is 0.828. The van der Waals surface area contributed by atoms with Crippen molar-refractivity contribution in [2.24, 2.45) is 0 Å². The zero-order valence-electron chi connectivity index (χ0n) is 10.6. The Balaban J connectivity index is 2.16. The minimum absolute atomic E-state index is 0.0742. The molecule has 4 nitrogen and oxygen atoms in total. The SMILES string of the molecule is CCN1CC2CNCC(=O)N2c2cc(F)cc(F)c21. The zero-order chi connectivity index (χ0) is 13.6. The lowest BCUT2D eigenvalue weighted by Crippen LogP contribution is -2.61. The van der Waals surface area contributed by atoms with Gasteiger partial charge in [0, 0.05) is 25.7 Å². The molecule has 1 amide bonds. The number of hydrogen-bond donors (Lipinski definition) is 1. The van der Waals surface area contributed by atoms with Crippen molar-refractivity contribution in [2.75, 3.05) is 36.0 Å². The maximum atomic E-state index is 14.0. The molecule has 1 fully saturated rings. The molecule has 3 rings (SSSR count). The second-order valence-electron chi connectivity index (χ2n) is 4.84. The first kappa shape index (κ1) is 12.3. The van der Waals surface area contributed by atoms with Gasteiger partial charge in [-0.2, -0.15) is 0 Å². The Labute approximate surface area is 110 Å². The molecule has 102 valence electrons. The number of piperazine rings is 1. The highest BCUT2D eigenvalue weighted by Gasteiger charge is 2.38. The molecule has 2 aliphatic heterocycles. The number of rotatable bonds is 1. The Morgan fingerprint density at radius 2 is 2.21 bits per heavy atom. The number of anilines is 2. The van der Waals surface area contributed by atoms with Gasteiger partial charge in [0.15, 0.2) is 5.82 Å². The normalized spacial score (nSPS) is 22.3. The first-order chi connectivity index (χ1) is 9.11. The molecule has 0 aliphatic carbocycles. The van der Waals surface area contributed by atoms with Gasteiger partial charge in [-0.1, -0.05) is 0 Å². The summed E-state index contributed by atoms with van der Waals surface area (Å²) in [6.07, 6.45) is 0. The summed E-state index contributed by atoms with van der Waals surface area (Å²) in [5, 5.41) is 3.03. The van der Waals surface area contributed by atoms with Crippen molar-refractivity contribution in [1.29, 1.82) is 0 Å². The molecule has 2 heterocycles. The lowest BCUT2D eigenvalue weighted by Gasteiger charge is -2.45. The molecular formula is C13H15F2N3O. The molecule has 1 aromatic rings. The Bertz CT molecular complexity index is 535. The maximum absolute atomic E-state index is 14.0. The molecular weight excluding hydrogens is 252 g/mol. The minimum atomic E-state index is -0.653. The molecule has 1 aromatic carbocycles. The van der Waals surface area contributed by atoms with Gasteiger partial charge >= 0.3 is 0 Å². The van der Waals surface area contributed by atoms with Crippen LogP contribution in [0.5, 0.6) is 0 Å². The summed E-state index contributed by atoms with van der Waals surface area (Å²) in [7, 11) is 0. The fourth-order valence-electron chi connectivity index (χ4n) is 2.89. The number of nitrogens with one attached hydrogen (secondary N) is 1. The number of benzene rings is 1. The summed E-state index contributed by atoms with van der Waals surface area (Å²) < 4.78 is 27.5. The second kappa shape index (κ2) is 4.45. The van der Waals surface area contributed by atoms with Crippen molar-refractivity contribution < 1.29 is 13.6 Å². The van der Waals surface area contributed by atoms with E-state index in [1.165, 1.54) is 11.0 Å². The van der Waals surface area contributed by atoms with Gasteiger partial charge in [-0.3, -0.25) is 4.79 Å². The Morgan fingerprint density at radius 1 is 1.42 bits per heavy atom. The number of hydrogen-bond acceptors (Lipinski definition) is 3. The van der Waals surface area contributed by atoms with E-state index >= 15 is 0 Å². The van der Waals surface area contributed by atoms with E-state index in [1.54, 1.807) is 0 Å². The second-order valence-corrected chi connectivity index (χ2v) is 4.84. The van der Waals surface area contributed by atoms with Gasteiger partial charge in [0.05, 0.1) is 24.0 Å². The first-order valence-corrected chi connectivity index (χ1v) is 6.38. The monoisotopic (exact) mass is 267 g/mol. The molecule has 6 heteroatoms. The number of likely N-dealkylation sites (N-methyl/N-ethyl adjacent to an activating group) is 1. The maximum Gasteiger partial charge on any atom is 0.241 e.